The SMILES string of the molecule is Cc1cnc(C(C)NC(=O)c2cncc(O)c2)s1. The maximum atomic E-state index is 11.9. The number of rotatable bonds is 3. The molecule has 1 amide bonds. The zero-order chi connectivity index (χ0) is 13.1. The number of amides is 1. The highest BCUT2D eigenvalue weighted by Gasteiger charge is 2.14. The summed E-state index contributed by atoms with van der Waals surface area (Å²) < 4.78 is 0. The predicted octanol–water partition coefficient (Wildman–Crippen LogP) is 2.04. The fourth-order valence-electron chi connectivity index (χ4n) is 1.47. The van der Waals surface area contributed by atoms with Gasteiger partial charge in [0.1, 0.15) is 10.8 Å². The largest absolute Gasteiger partial charge is 0.506 e. The molecule has 0 radical (unpaired) electrons. The summed E-state index contributed by atoms with van der Waals surface area (Å²) in [5.74, 6) is -0.306. The summed E-state index contributed by atoms with van der Waals surface area (Å²) in [7, 11) is 0. The van der Waals surface area contributed by atoms with Crippen LogP contribution in [0.4, 0.5) is 0 Å². The van der Waals surface area contributed by atoms with Crippen molar-refractivity contribution in [2.24, 2.45) is 0 Å². The molecule has 0 saturated heterocycles. The molecule has 0 aliphatic rings. The van der Waals surface area contributed by atoms with Crippen LogP contribution in [0.2, 0.25) is 0 Å². The number of aromatic nitrogens is 2. The quantitative estimate of drug-likeness (QED) is 0.888. The van der Waals surface area contributed by atoms with Gasteiger partial charge in [0.25, 0.3) is 5.91 Å². The van der Waals surface area contributed by atoms with Crippen LogP contribution in [-0.2, 0) is 0 Å². The van der Waals surface area contributed by atoms with Gasteiger partial charge < -0.3 is 10.4 Å². The third-order valence-corrected chi connectivity index (χ3v) is 3.44. The Labute approximate surface area is 109 Å². The van der Waals surface area contributed by atoms with Crippen LogP contribution < -0.4 is 5.32 Å². The van der Waals surface area contributed by atoms with Crippen LogP contribution >= 0.6 is 11.3 Å². The summed E-state index contributed by atoms with van der Waals surface area (Å²) in [6, 6.07) is 1.21. The Kier molecular flexibility index (Phi) is 3.57. The van der Waals surface area contributed by atoms with Crippen molar-refractivity contribution >= 4 is 17.2 Å². The molecule has 2 rings (SSSR count). The molecular weight excluding hydrogens is 250 g/mol. The topological polar surface area (TPSA) is 75.1 Å². The summed E-state index contributed by atoms with van der Waals surface area (Å²) >= 11 is 1.55. The van der Waals surface area contributed by atoms with E-state index in [4.69, 9.17) is 0 Å². The van der Waals surface area contributed by atoms with Crippen molar-refractivity contribution in [2.45, 2.75) is 19.9 Å². The minimum Gasteiger partial charge on any atom is -0.506 e. The highest BCUT2D eigenvalue weighted by molar-refractivity contribution is 7.11. The van der Waals surface area contributed by atoms with E-state index in [0.717, 1.165) is 9.88 Å². The molecule has 0 saturated carbocycles. The van der Waals surface area contributed by atoms with E-state index in [1.165, 1.54) is 18.5 Å². The van der Waals surface area contributed by atoms with E-state index < -0.39 is 0 Å². The third kappa shape index (κ3) is 2.84. The van der Waals surface area contributed by atoms with Gasteiger partial charge in [-0.1, -0.05) is 0 Å². The van der Waals surface area contributed by atoms with Gasteiger partial charge in [-0.15, -0.1) is 11.3 Å². The van der Waals surface area contributed by atoms with E-state index in [0.29, 0.717) is 5.56 Å². The lowest BCUT2D eigenvalue weighted by atomic mass is 10.2. The van der Waals surface area contributed by atoms with E-state index in [-0.39, 0.29) is 17.7 Å². The van der Waals surface area contributed by atoms with Gasteiger partial charge in [0.15, 0.2) is 0 Å². The molecule has 0 spiro atoms. The first-order valence-corrected chi connectivity index (χ1v) is 6.25. The summed E-state index contributed by atoms with van der Waals surface area (Å²) in [5, 5.41) is 12.9. The van der Waals surface area contributed by atoms with Crippen molar-refractivity contribution in [2.75, 3.05) is 0 Å². The molecule has 1 atom stereocenters. The monoisotopic (exact) mass is 263 g/mol. The lowest BCUT2D eigenvalue weighted by Crippen LogP contribution is -2.26. The van der Waals surface area contributed by atoms with E-state index in [2.05, 4.69) is 15.3 Å². The molecule has 18 heavy (non-hydrogen) atoms. The molecule has 1 unspecified atom stereocenters. The molecule has 2 aromatic heterocycles. The van der Waals surface area contributed by atoms with Crippen molar-refractivity contribution in [3.8, 4) is 5.75 Å². The van der Waals surface area contributed by atoms with Gasteiger partial charge in [-0.2, -0.15) is 0 Å². The van der Waals surface area contributed by atoms with Gasteiger partial charge in [0.2, 0.25) is 0 Å². The molecule has 2 aromatic rings. The second-order valence-electron chi connectivity index (χ2n) is 3.94. The number of pyridine rings is 1. The number of hydrogen-bond acceptors (Lipinski definition) is 5. The van der Waals surface area contributed by atoms with Gasteiger partial charge in [0.05, 0.1) is 17.8 Å². The molecular formula is C12H13N3O2S. The molecule has 2 heterocycles. The van der Waals surface area contributed by atoms with Crippen LogP contribution in [0.1, 0.15) is 33.2 Å². The number of carbonyl (C=O) groups is 1. The summed E-state index contributed by atoms with van der Waals surface area (Å²) in [6.07, 6.45) is 4.47. The number of thiazole rings is 1. The summed E-state index contributed by atoms with van der Waals surface area (Å²) in [4.78, 5) is 21.0. The molecule has 0 fully saturated rings. The Morgan fingerprint density at radius 3 is 2.83 bits per heavy atom. The van der Waals surface area contributed by atoms with Crippen molar-refractivity contribution in [1.82, 2.24) is 15.3 Å². The van der Waals surface area contributed by atoms with E-state index >= 15 is 0 Å². The van der Waals surface area contributed by atoms with Crippen molar-refractivity contribution in [3.63, 3.8) is 0 Å². The van der Waals surface area contributed by atoms with Crippen LogP contribution in [-0.4, -0.2) is 21.0 Å². The predicted molar refractivity (Wildman–Crippen MR) is 68.6 cm³/mol. The Balaban J connectivity index is 2.08. The number of nitrogens with one attached hydrogen (secondary N) is 1. The maximum Gasteiger partial charge on any atom is 0.253 e. The number of aryl methyl sites for hydroxylation is 1. The molecule has 6 heteroatoms. The zero-order valence-electron chi connectivity index (χ0n) is 10.0. The average Bonchev–Trinajstić information content (AvgIpc) is 2.76. The third-order valence-electron chi connectivity index (χ3n) is 2.34. The first-order chi connectivity index (χ1) is 8.56. The minimum absolute atomic E-state index is 0.0274. The smallest absolute Gasteiger partial charge is 0.253 e. The highest BCUT2D eigenvalue weighted by Crippen LogP contribution is 2.19. The summed E-state index contributed by atoms with van der Waals surface area (Å²) in [5.41, 5.74) is 0.329. The van der Waals surface area contributed by atoms with Crippen LogP contribution in [0.5, 0.6) is 5.75 Å². The van der Waals surface area contributed by atoms with Gasteiger partial charge >= 0.3 is 0 Å². The fourth-order valence-corrected chi connectivity index (χ4v) is 2.24. The first kappa shape index (κ1) is 12.5. The number of hydrogen-bond donors (Lipinski definition) is 2. The number of carbonyl (C=O) groups excluding carboxylic acids is 1. The molecule has 5 nitrogen and oxygen atoms in total. The Bertz CT molecular complexity index is 568. The lowest BCUT2D eigenvalue weighted by Gasteiger charge is -2.11. The van der Waals surface area contributed by atoms with Crippen molar-refractivity contribution < 1.29 is 9.90 Å². The normalized spacial score (nSPS) is 12.1. The Morgan fingerprint density at radius 2 is 2.22 bits per heavy atom. The number of aromatic hydroxyl groups is 1. The highest BCUT2D eigenvalue weighted by atomic mass is 32.1. The minimum atomic E-state index is -0.279. The Morgan fingerprint density at radius 1 is 1.44 bits per heavy atom. The molecule has 0 aromatic carbocycles. The van der Waals surface area contributed by atoms with Crippen LogP contribution in [0.25, 0.3) is 0 Å². The van der Waals surface area contributed by atoms with Crippen LogP contribution in [0.15, 0.2) is 24.7 Å². The first-order valence-electron chi connectivity index (χ1n) is 5.43. The van der Waals surface area contributed by atoms with E-state index in [9.17, 15) is 9.90 Å². The molecule has 94 valence electrons. The molecule has 0 aliphatic carbocycles. The van der Waals surface area contributed by atoms with Gasteiger partial charge in [0, 0.05) is 17.3 Å². The average molecular weight is 263 g/mol. The standard InChI is InChI=1S/C12H13N3O2S/c1-7-4-14-12(18-7)8(2)15-11(17)9-3-10(16)6-13-5-9/h3-6,8,16H,1-2H3,(H,15,17). The Hall–Kier alpha value is -1.95. The fraction of sp³-hybridized carbons (Fsp3) is 0.250. The second kappa shape index (κ2) is 5.14. The van der Waals surface area contributed by atoms with Crippen LogP contribution in [0, 0.1) is 6.92 Å². The summed E-state index contributed by atoms with van der Waals surface area (Å²) in [6.45, 7) is 3.83. The molecule has 2 N–H and O–H groups in total. The van der Waals surface area contributed by atoms with E-state index in [1.807, 2.05) is 13.8 Å². The maximum absolute atomic E-state index is 11.9. The van der Waals surface area contributed by atoms with Crippen molar-refractivity contribution in [1.29, 1.82) is 0 Å². The number of nitrogens with zero attached hydrogens (tertiary/aromatic N) is 2. The molecule has 0 aliphatic heterocycles. The van der Waals surface area contributed by atoms with Gasteiger partial charge in [-0.25, -0.2) is 4.98 Å². The van der Waals surface area contributed by atoms with Crippen molar-refractivity contribution in [3.05, 3.63) is 40.1 Å². The van der Waals surface area contributed by atoms with E-state index in [1.54, 1.807) is 17.5 Å². The van der Waals surface area contributed by atoms with Crippen LogP contribution in [0.3, 0.4) is 0 Å². The zero-order valence-corrected chi connectivity index (χ0v) is 10.9. The van der Waals surface area contributed by atoms with Gasteiger partial charge in [-0.05, 0) is 19.9 Å². The molecule has 0 bridgehead atoms. The second-order valence-corrected chi connectivity index (χ2v) is 5.20. The lowest BCUT2D eigenvalue weighted by molar-refractivity contribution is 0.0939. The van der Waals surface area contributed by atoms with Gasteiger partial charge in [-0.3, -0.25) is 9.78 Å².